The molecule has 0 aliphatic carbocycles. The molecule has 0 N–H and O–H groups in total. The molecule has 1 radical (unpaired) electrons. The van der Waals surface area contributed by atoms with Crippen molar-refractivity contribution in [2.45, 2.75) is 6.61 Å². The largest absolute Gasteiger partial charge is 0.452 e. The van der Waals surface area contributed by atoms with E-state index in [1.165, 1.54) is 18.6 Å². The monoisotopic (exact) mass is 180 g/mol. The molecule has 0 saturated heterocycles. The second-order valence-electron chi connectivity index (χ2n) is 2.26. The first kappa shape index (κ1) is 9.18. The second-order valence-corrected chi connectivity index (χ2v) is 2.26. The molecule has 0 aliphatic heterocycles. The molecule has 0 saturated carbocycles. The van der Waals surface area contributed by atoms with E-state index in [0.29, 0.717) is 5.56 Å². The summed E-state index contributed by atoms with van der Waals surface area (Å²) in [5, 5.41) is 10.4. The number of benzene rings is 1. The van der Waals surface area contributed by atoms with E-state index < -0.39 is 4.92 Å². The number of rotatable bonds is 4. The molecule has 1 aromatic carbocycles. The van der Waals surface area contributed by atoms with Gasteiger partial charge in [-0.3, -0.25) is 10.1 Å². The van der Waals surface area contributed by atoms with Crippen molar-refractivity contribution >= 4 is 12.2 Å². The Kier molecular flexibility index (Phi) is 2.97. The third kappa shape index (κ3) is 2.26. The Hall–Kier alpha value is -1.91. The predicted molar refractivity (Wildman–Crippen MR) is 43.6 cm³/mol. The fourth-order valence-electron chi connectivity index (χ4n) is 0.918. The number of nitrogens with zero attached hydrogens (tertiary/aromatic N) is 1. The van der Waals surface area contributed by atoms with Gasteiger partial charge in [-0.2, -0.15) is 0 Å². The predicted octanol–water partition coefficient (Wildman–Crippen LogP) is 1.18. The highest BCUT2D eigenvalue weighted by Gasteiger charge is 2.11. The highest BCUT2D eigenvalue weighted by molar-refractivity contribution is 5.42. The fraction of sp³-hybridized carbons (Fsp3) is 0.125. The molecular weight excluding hydrogens is 174 g/mol. The first-order valence-electron chi connectivity index (χ1n) is 3.47. The summed E-state index contributed by atoms with van der Waals surface area (Å²) in [4.78, 5) is 19.7. The Bertz CT molecular complexity index is 324. The maximum atomic E-state index is 10.4. The van der Waals surface area contributed by atoms with Gasteiger partial charge >= 0.3 is 6.47 Å². The number of nitro groups is 1. The normalized spacial score (nSPS) is 9.23. The van der Waals surface area contributed by atoms with Gasteiger partial charge < -0.3 is 4.74 Å². The van der Waals surface area contributed by atoms with Crippen LogP contribution in [-0.4, -0.2) is 11.4 Å². The molecule has 1 aromatic rings. The summed E-state index contributed by atoms with van der Waals surface area (Å²) in [7, 11) is 0. The van der Waals surface area contributed by atoms with E-state index in [4.69, 9.17) is 0 Å². The first-order valence-corrected chi connectivity index (χ1v) is 3.47. The average molecular weight is 180 g/mol. The van der Waals surface area contributed by atoms with Gasteiger partial charge in [0.2, 0.25) is 0 Å². The Morgan fingerprint density at radius 1 is 1.46 bits per heavy atom. The number of para-hydroxylation sites is 1. The van der Waals surface area contributed by atoms with Crippen LogP contribution in [0.25, 0.3) is 0 Å². The van der Waals surface area contributed by atoms with Crippen LogP contribution in [0, 0.1) is 10.1 Å². The minimum atomic E-state index is -0.524. The zero-order valence-electron chi connectivity index (χ0n) is 6.60. The van der Waals surface area contributed by atoms with Gasteiger partial charge in [-0.25, -0.2) is 4.79 Å². The second kappa shape index (κ2) is 4.20. The summed E-state index contributed by atoms with van der Waals surface area (Å²) < 4.78 is 4.30. The van der Waals surface area contributed by atoms with Crippen LogP contribution in [0.2, 0.25) is 0 Å². The van der Waals surface area contributed by atoms with Gasteiger partial charge in [0.15, 0.2) is 0 Å². The SMILES string of the molecule is O=[C]OCc1ccccc1[N+](=O)[O-]. The van der Waals surface area contributed by atoms with E-state index in [9.17, 15) is 14.9 Å². The van der Waals surface area contributed by atoms with E-state index in [1.807, 2.05) is 0 Å². The molecule has 0 heterocycles. The molecule has 67 valence electrons. The smallest absolute Gasteiger partial charge is 0.417 e. The molecule has 0 spiro atoms. The van der Waals surface area contributed by atoms with Gasteiger partial charge in [0.05, 0.1) is 10.5 Å². The number of nitro benzene ring substituents is 1. The average Bonchev–Trinajstić information content (AvgIpc) is 2.15. The minimum Gasteiger partial charge on any atom is -0.452 e. The van der Waals surface area contributed by atoms with Crippen LogP contribution in [0.5, 0.6) is 0 Å². The third-order valence-electron chi connectivity index (χ3n) is 1.47. The number of carbonyl (C=O) groups excluding carboxylic acids is 1. The molecule has 0 bridgehead atoms. The van der Waals surface area contributed by atoms with Crippen molar-refractivity contribution < 1.29 is 14.5 Å². The lowest BCUT2D eigenvalue weighted by atomic mass is 10.2. The molecule has 5 heteroatoms. The van der Waals surface area contributed by atoms with Crippen molar-refractivity contribution in [2.75, 3.05) is 0 Å². The van der Waals surface area contributed by atoms with Crippen LogP contribution in [0.3, 0.4) is 0 Å². The standard InChI is InChI=1S/C8H6NO4/c10-6-13-5-7-3-1-2-4-8(7)9(11)12/h1-4H,5H2. The summed E-state index contributed by atoms with van der Waals surface area (Å²) in [6, 6.07) is 6.06. The summed E-state index contributed by atoms with van der Waals surface area (Å²) in [5.74, 6) is 0. The Balaban J connectivity index is 2.90. The van der Waals surface area contributed by atoms with E-state index in [0.717, 1.165) is 0 Å². The van der Waals surface area contributed by atoms with Crippen molar-refractivity contribution in [3.05, 3.63) is 39.9 Å². The van der Waals surface area contributed by atoms with Gasteiger partial charge in [0, 0.05) is 6.07 Å². The van der Waals surface area contributed by atoms with E-state index >= 15 is 0 Å². The Morgan fingerprint density at radius 3 is 2.77 bits per heavy atom. The lowest BCUT2D eigenvalue weighted by Crippen LogP contribution is -1.97. The van der Waals surface area contributed by atoms with E-state index in [-0.39, 0.29) is 12.3 Å². The highest BCUT2D eigenvalue weighted by atomic mass is 16.6. The van der Waals surface area contributed by atoms with Gasteiger partial charge in [-0.15, -0.1) is 0 Å². The molecule has 1 rings (SSSR count). The highest BCUT2D eigenvalue weighted by Crippen LogP contribution is 2.17. The lowest BCUT2D eigenvalue weighted by molar-refractivity contribution is -0.385. The first-order chi connectivity index (χ1) is 6.25. The van der Waals surface area contributed by atoms with Gasteiger partial charge in [0.25, 0.3) is 5.69 Å². The van der Waals surface area contributed by atoms with E-state index in [1.54, 1.807) is 12.1 Å². The molecule has 0 aliphatic rings. The zero-order valence-corrected chi connectivity index (χ0v) is 6.60. The van der Waals surface area contributed by atoms with E-state index in [2.05, 4.69) is 4.74 Å². The zero-order chi connectivity index (χ0) is 9.68. The molecule has 0 amide bonds. The summed E-state index contributed by atoms with van der Waals surface area (Å²) in [5.41, 5.74) is 0.300. The van der Waals surface area contributed by atoms with Crippen molar-refractivity contribution in [1.82, 2.24) is 0 Å². The Labute approximate surface area is 74.1 Å². The quantitative estimate of drug-likeness (QED) is 0.515. The molecule has 13 heavy (non-hydrogen) atoms. The van der Waals surface area contributed by atoms with Crippen LogP contribution >= 0.6 is 0 Å². The van der Waals surface area contributed by atoms with Crippen molar-refractivity contribution in [3.8, 4) is 0 Å². The van der Waals surface area contributed by atoms with Gasteiger partial charge in [-0.05, 0) is 6.07 Å². The van der Waals surface area contributed by atoms with Crippen LogP contribution in [-0.2, 0) is 16.1 Å². The van der Waals surface area contributed by atoms with Crippen LogP contribution in [0.15, 0.2) is 24.3 Å². The third-order valence-corrected chi connectivity index (χ3v) is 1.47. The van der Waals surface area contributed by atoms with Crippen LogP contribution < -0.4 is 0 Å². The minimum absolute atomic E-state index is 0.0576. The van der Waals surface area contributed by atoms with Crippen LogP contribution in [0.1, 0.15) is 5.56 Å². The number of hydrogen-bond donors (Lipinski definition) is 0. The maximum Gasteiger partial charge on any atom is 0.417 e. The molecule has 0 atom stereocenters. The van der Waals surface area contributed by atoms with Crippen molar-refractivity contribution in [1.29, 1.82) is 0 Å². The summed E-state index contributed by atoms with van der Waals surface area (Å²) >= 11 is 0. The summed E-state index contributed by atoms with van der Waals surface area (Å²) in [6.45, 7) is 1.09. The molecule has 0 aromatic heterocycles. The van der Waals surface area contributed by atoms with Crippen molar-refractivity contribution in [3.63, 3.8) is 0 Å². The lowest BCUT2D eigenvalue weighted by Gasteiger charge is -1.99. The fourth-order valence-corrected chi connectivity index (χ4v) is 0.918. The number of hydrogen-bond acceptors (Lipinski definition) is 4. The van der Waals surface area contributed by atoms with Crippen molar-refractivity contribution in [2.24, 2.45) is 0 Å². The molecular formula is C8H6NO4. The molecule has 0 unspecified atom stereocenters. The molecule has 5 nitrogen and oxygen atoms in total. The van der Waals surface area contributed by atoms with Gasteiger partial charge in [0.1, 0.15) is 6.61 Å². The Morgan fingerprint density at radius 2 is 2.15 bits per heavy atom. The molecule has 0 fully saturated rings. The number of ether oxygens (including phenoxy) is 1. The maximum absolute atomic E-state index is 10.4. The van der Waals surface area contributed by atoms with Gasteiger partial charge in [-0.1, -0.05) is 12.1 Å². The summed E-state index contributed by atoms with van der Waals surface area (Å²) in [6.07, 6.45) is 0. The topological polar surface area (TPSA) is 69.4 Å². The van der Waals surface area contributed by atoms with Crippen LogP contribution in [0.4, 0.5) is 5.69 Å².